The van der Waals surface area contributed by atoms with E-state index in [0.29, 0.717) is 12.8 Å². The van der Waals surface area contributed by atoms with Crippen molar-refractivity contribution in [3.05, 3.63) is 0 Å². The molecular formula is C8H12O3. The van der Waals surface area contributed by atoms with Gasteiger partial charge >= 0.3 is 5.97 Å². The molecule has 0 aromatic carbocycles. The van der Waals surface area contributed by atoms with Gasteiger partial charge < -0.3 is 5.11 Å². The number of carboxylic acids is 1. The predicted octanol–water partition coefficient (Wildman–Crippen LogP) is 1.22. The lowest BCUT2D eigenvalue weighted by Crippen LogP contribution is -2.21. The Morgan fingerprint density at radius 3 is 2.73 bits per heavy atom. The molecule has 1 fully saturated rings. The van der Waals surface area contributed by atoms with Crippen molar-refractivity contribution in [2.45, 2.75) is 32.1 Å². The summed E-state index contributed by atoms with van der Waals surface area (Å²) < 4.78 is 0. The standard InChI is InChI=1S/C8H12O3/c9-7-5-3-1-2-4-6(7)8(10)11/h6H,1-5H2,(H,10,11)/t6-/m0/s1. The van der Waals surface area contributed by atoms with Crippen molar-refractivity contribution in [3.63, 3.8) is 0 Å². The van der Waals surface area contributed by atoms with Crippen molar-refractivity contribution < 1.29 is 14.7 Å². The number of carbonyl (C=O) groups excluding carboxylic acids is 1. The third-order valence-electron chi connectivity index (χ3n) is 2.10. The van der Waals surface area contributed by atoms with Crippen LogP contribution >= 0.6 is 0 Å². The fourth-order valence-corrected chi connectivity index (χ4v) is 1.42. The molecule has 1 aliphatic rings. The third kappa shape index (κ3) is 2.03. The number of aliphatic carboxylic acids is 1. The van der Waals surface area contributed by atoms with Gasteiger partial charge in [0.15, 0.2) is 0 Å². The predicted molar refractivity (Wildman–Crippen MR) is 39.2 cm³/mol. The molecule has 1 saturated carbocycles. The van der Waals surface area contributed by atoms with E-state index in [1.54, 1.807) is 0 Å². The molecule has 0 aromatic rings. The number of carboxylic acid groups (broad SMARTS) is 1. The Morgan fingerprint density at radius 1 is 1.36 bits per heavy atom. The van der Waals surface area contributed by atoms with E-state index in [-0.39, 0.29) is 5.78 Å². The van der Waals surface area contributed by atoms with Crippen LogP contribution in [-0.2, 0) is 9.59 Å². The highest BCUT2D eigenvalue weighted by molar-refractivity contribution is 5.98. The normalized spacial score (nSPS) is 26.2. The molecule has 0 amide bonds. The summed E-state index contributed by atoms with van der Waals surface area (Å²) in [5.74, 6) is -1.75. The molecular weight excluding hydrogens is 144 g/mol. The van der Waals surface area contributed by atoms with E-state index in [9.17, 15) is 9.59 Å². The molecule has 1 atom stereocenters. The van der Waals surface area contributed by atoms with Crippen LogP contribution in [0.5, 0.6) is 0 Å². The van der Waals surface area contributed by atoms with Gasteiger partial charge in [0.1, 0.15) is 11.7 Å². The summed E-state index contributed by atoms with van der Waals surface area (Å²) in [5.41, 5.74) is 0. The number of hydrogen-bond donors (Lipinski definition) is 1. The Kier molecular flexibility index (Phi) is 2.63. The average molecular weight is 156 g/mol. The molecule has 1 aliphatic carbocycles. The highest BCUT2D eigenvalue weighted by Crippen LogP contribution is 2.19. The van der Waals surface area contributed by atoms with Gasteiger partial charge in [-0.05, 0) is 12.8 Å². The second-order valence-corrected chi connectivity index (χ2v) is 2.96. The lowest BCUT2D eigenvalue weighted by Gasteiger charge is -2.04. The van der Waals surface area contributed by atoms with Gasteiger partial charge in [0, 0.05) is 6.42 Å². The zero-order chi connectivity index (χ0) is 8.27. The molecule has 0 unspecified atom stereocenters. The molecule has 0 bridgehead atoms. The van der Waals surface area contributed by atoms with Crippen molar-refractivity contribution >= 4 is 11.8 Å². The maximum Gasteiger partial charge on any atom is 0.314 e. The summed E-state index contributed by atoms with van der Waals surface area (Å²) >= 11 is 0. The number of ketones is 1. The van der Waals surface area contributed by atoms with Crippen molar-refractivity contribution in [2.24, 2.45) is 5.92 Å². The minimum atomic E-state index is -0.947. The van der Waals surface area contributed by atoms with Crippen molar-refractivity contribution in [1.82, 2.24) is 0 Å². The van der Waals surface area contributed by atoms with Crippen LogP contribution in [0.15, 0.2) is 0 Å². The quantitative estimate of drug-likeness (QED) is 0.458. The third-order valence-corrected chi connectivity index (χ3v) is 2.10. The summed E-state index contributed by atoms with van der Waals surface area (Å²) in [6.07, 6.45) is 3.73. The molecule has 0 heterocycles. The summed E-state index contributed by atoms with van der Waals surface area (Å²) in [7, 11) is 0. The summed E-state index contributed by atoms with van der Waals surface area (Å²) in [6.45, 7) is 0. The van der Waals surface area contributed by atoms with Crippen LogP contribution in [0.3, 0.4) is 0 Å². The van der Waals surface area contributed by atoms with Crippen LogP contribution in [0.2, 0.25) is 0 Å². The first-order valence-electron chi connectivity index (χ1n) is 3.97. The summed E-state index contributed by atoms with van der Waals surface area (Å²) in [5, 5.41) is 8.61. The van der Waals surface area contributed by atoms with Crippen LogP contribution in [0.1, 0.15) is 32.1 Å². The monoisotopic (exact) mass is 156 g/mol. The zero-order valence-electron chi connectivity index (χ0n) is 6.38. The van der Waals surface area contributed by atoms with Crippen LogP contribution in [-0.4, -0.2) is 16.9 Å². The van der Waals surface area contributed by atoms with Gasteiger partial charge in [-0.1, -0.05) is 12.8 Å². The smallest absolute Gasteiger partial charge is 0.314 e. The van der Waals surface area contributed by atoms with Crippen LogP contribution in [0.4, 0.5) is 0 Å². The van der Waals surface area contributed by atoms with Gasteiger partial charge in [-0.3, -0.25) is 9.59 Å². The van der Waals surface area contributed by atoms with Gasteiger partial charge in [-0.2, -0.15) is 0 Å². The first-order valence-corrected chi connectivity index (χ1v) is 3.97. The lowest BCUT2D eigenvalue weighted by molar-refractivity contribution is -0.146. The van der Waals surface area contributed by atoms with E-state index >= 15 is 0 Å². The average Bonchev–Trinajstić information content (AvgIpc) is 2.13. The van der Waals surface area contributed by atoms with Gasteiger partial charge in [0.2, 0.25) is 0 Å². The number of rotatable bonds is 1. The largest absolute Gasteiger partial charge is 0.481 e. The summed E-state index contributed by atoms with van der Waals surface area (Å²) in [6, 6.07) is 0. The van der Waals surface area contributed by atoms with E-state index in [4.69, 9.17) is 5.11 Å². The second-order valence-electron chi connectivity index (χ2n) is 2.96. The summed E-state index contributed by atoms with van der Waals surface area (Å²) in [4.78, 5) is 21.6. The maximum absolute atomic E-state index is 11.1. The van der Waals surface area contributed by atoms with E-state index in [1.165, 1.54) is 0 Å². The van der Waals surface area contributed by atoms with Gasteiger partial charge in [-0.25, -0.2) is 0 Å². The minimum absolute atomic E-state index is 0.0880. The van der Waals surface area contributed by atoms with E-state index < -0.39 is 11.9 Å². The highest BCUT2D eigenvalue weighted by atomic mass is 16.4. The molecule has 62 valence electrons. The molecule has 3 nitrogen and oxygen atoms in total. The van der Waals surface area contributed by atoms with E-state index in [2.05, 4.69) is 0 Å². The Balaban J connectivity index is 2.59. The fourth-order valence-electron chi connectivity index (χ4n) is 1.42. The zero-order valence-corrected chi connectivity index (χ0v) is 6.38. The van der Waals surface area contributed by atoms with Gasteiger partial charge in [0.05, 0.1) is 0 Å². The Labute approximate surface area is 65.4 Å². The van der Waals surface area contributed by atoms with Crippen molar-refractivity contribution in [2.75, 3.05) is 0 Å². The first-order chi connectivity index (χ1) is 5.22. The van der Waals surface area contributed by atoms with E-state index in [0.717, 1.165) is 19.3 Å². The molecule has 11 heavy (non-hydrogen) atoms. The maximum atomic E-state index is 11.1. The molecule has 1 rings (SSSR count). The Bertz CT molecular complexity index is 174. The molecule has 3 heteroatoms. The van der Waals surface area contributed by atoms with Crippen LogP contribution in [0.25, 0.3) is 0 Å². The molecule has 0 spiro atoms. The number of Topliss-reactive ketones (excluding diaryl/α,β-unsaturated/α-hetero) is 1. The number of hydrogen-bond acceptors (Lipinski definition) is 2. The van der Waals surface area contributed by atoms with Crippen molar-refractivity contribution in [3.8, 4) is 0 Å². The first kappa shape index (κ1) is 8.24. The highest BCUT2D eigenvalue weighted by Gasteiger charge is 2.26. The van der Waals surface area contributed by atoms with Crippen molar-refractivity contribution in [1.29, 1.82) is 0 Å². The number of carbonyl (C=O) groups is 2. The fraction of sp³-hybridized carbons (Fsp3) is 0.750. The lowest BCUT2D eigenvalue weighted by atomic mass is 10.00. The van der Waals surface area contributed by atoms with Crippen LogP contribution < -0.4 is 0 Å². The molecule has 0 saturated heterocycles. The topological polar surface area (TPSA) is 54.4 Å². The molecule has 0 aromatic heterocycles. The SMILES string of the molecule is O=C(O)[C@H]1CCCCCC1=O. The molecule has 1 N–H and O–H groups in total. The van der Waals surface area contributed by atoms with Gasteiger partial charge in [0.25, 0.3) is 0 Å². The second kappa shape index (κ2) is 3.51. The van der Waals surface area contributed by atoms with Crippen LogP contribution in [0, 0.1) is 5.92 Å². The minimum Gasteiger partial charge on any atom is -0.481 e. The van der Waals surface area contributed by atoms with Gasteiger partial charge in [-0.15, -0.1) is 0 Å². The Hall–Kier alpha value is -0.860. The molecule has 0 aliphatic heterocycles. The Morgan fingerprint density at radius 2 is 2.09 bits per heavy atom. The molecule has 0 radical (unpaired) electrons. The van der Waals surface area contributed by atoms with E-state index in [1.807, 2.05) is 0 Å².